The highest BCUT2D eigenvalue weighted by Gasteiger charge is 2.21. The van der Waals surface area contributed by atoms with Gasteiger partial charge in [-0.25, -0.2) is 0 Å². The van der Waals surface area contributed by atoms with Crippen molar-refractivity contribution >= 4 is 16.7 Å². The summed E-state index contributed by atoms with van der Waals surface area (Å²) >= 11 is 0. The van der Waals surface area contributed by atoms with Crippen molar-refractivity contribution in [2.45, 2.75) is 26.3 Å². The molecule has 0 unspecified atom stereocenters. The number of fused-ring (bicyclic) bond motifs is 1. The van der Waals surface area contributed by atoms with Crippen LogP contribution in [0.2, 0.25) is 0 Å². The van der Waals surface area contributed by atoms with Gasteiger partial charge in [0.05, 0.1) is 7.11 Å². The zero-order chi connectivity index (χ0) is 17.1. The van der Waals surface area contributed by atoms with Crippen LogP contribution in [0.3, 0.4) is 0 Å². The van der Waals surface area contributed by atoms with Gasteiger partial charge in [-0.1, -0.05) is 18.2 Å². The van der Waals surface area contributed by atoms with E-state index in [0.29, 0.717) is 6.04 Å². The van der Waals surface area contributed by atoms with Crippen LogP contribution in [0, 0.1) is 0 Å². The number of hydrogen-bond donors (Lipinski definition) is 0. The molecule has 2 aromatic carbocycles. The van der Waals surface area contributed by atoms with Crippen LogP contribution in [-0.2, 0) is 4.79 Å². The van der Waals surface area contributed by atoms with E-state index in [1.165, 1.54) is 16.3 Å². The maximum Gasteiger partial charge on any atom is 0.219 e. The Kier molecular flexibility index (Phi) is 5.05. The number of hydrogen-bond acceptors (Lipinski definition) is 3. The molecule has 24 heavy (non-hydrogen) atoms. The molecule has 1 aliphatic rings. The summed E-state index contributed by atoms with van der Waals surface area (Å²) in [6, 6.07) is 13.2. The highest BCUT2D eigenvalue weighted by Crippen LogP contribution is 2.27. The number of amides is 1. The van der Waals surface area contributed by atoms with Gasteiger partial charge in [-0.15, -0.1) is 0 Å². The predicted molar refractivity (Wildman–Crippen MR) is 97.4 cm³/mol. The minimum absolute atomic E-state index is 0.184. The van der Waals surface area contributed by atoms with Crippen molar-refractivity contribution in [3.8, 4) is 5.75 Å². The molecule has 1 heterocycles. The van der Waals surface area contributed by atoms with Crippen LogP contribution in [0.25, 0.3) is 10.8 Å². The van der Waals surface area contributed by atoms with Crippen molar-refractivity contribution < 1.29 is 9.53 Å². The number of rotatable bonds is 3. The zero-order valence-electron chi connectivity index (χ0n) is 14.8. The summed E-state index contributed by atoms with van der Waals surface area (Å²) in [4.78, 5) is 16.0. The van der Waals surface area contributed by atoms with E-state index < -0.39 is 0 Å². The first-order chi connectivity index (χ1) is 11.6. The fraction of sp³-hybridized carbons (Fsp3) is 0.450. The normalized spacial score (nSPS) is 17.5. The fourth-order valence-corrected chi connectivity index (χ4v) is 3.48. The molecule has 128 valence electrons. The third-order valence-corrected chi connectivity index (χ3v) is 5.08. The fourth-order valence-electron chi connectivity index (χ4n) is 3.48. The van der Waals surface area contributed by atoms with Crippen LogP contribution < -0.4 is 4.74 Å². The van der Waals surface area contributed by atoms with Crippen molar-refractivity contribution in [3.05, 3.63) is 42.0 Å². The van der Waals surface area contributed by atoms with Gasteiger partial charge < -0.3 is 9.64 Å². The Labute approximate surface area is 144 Å². The minimum Gasteiger partial charge on any atom is -0.497 e. The molecule has 0 N–H and O–H groups in total. The van der Waals surface area contributed by atoms with Gasteiger partial charge >= 0.3 is 0 Å². The average molecular weight is 326 g/mol. The van der Waals surface area contributed by atoms with Crippen LogP contribution in [0.4, 0.5) is 0 Å². The molecule has 0 saturated carbocycles. The summed E-state index contributed by atoms with van der Waals surface area (Å²) in [6.07, 6.45) is 1.04. The summed E-state index contributed by atoms with van der Waals surface area (Å²) in [6.45, 7) is 7.58. The molecular weight excluding hydrogens is 300 g/mol. The number of ether oxygens (including phenoxy) is 1. The molecule has 4 nitrogen and oxygen atoms in total. The molecule has 0 aliphatic carbocycles. The molecule has 0 spiro atoms. The van der Waals surface area contributed by atoms with Crippen LogP contribution in [0.1, 0.15) is 31.9 Å². The van der Waals surface area contributed by atoms with E-state index in [1.54, 1.807) is 14.0 Å². The van der Waals surface area contributed by atoms with E-state index in [9.17, 15) is 4.79 Å². The van der Waals surface area contributed by atoms with Crippen molar-refractivity contribution in [1.82, 2.24) is 9.80 Å². The third kappa shape index (κ3) is 3.54. The lowest BCUT2D eigenvalue weighted by Crippen LogP contribution is -2.34. The topological polar surface area (TPSA) is 32.8 Å². The Morgan fingerprint density at radius 3 is 2.54 bits per heavy atom. The molecular formula is C20H26N2O2. The van der Waals surface area contributed by atoms with Gasteiger partial charge in [0, 0.05) is 39.1 Å². The van der Waals surface area contributed by atoms with E-state index in [4.69, 9.17) is 4.74 Å². The van der Waals surface area contributed by atoms with Gasteiger partial charge in [0.2, 0.25) is 5.91 Å². The lowest BCUT2D eigenvalue weighted by molar-refractivity contribution is -0.128. The second kappa shape index (κ2) is 7.22. The molecule has 1 saturated heterocycles. The smallest absolute Gasteiger partial charge is 0.219 e. The average Bonchev–Trinajstić information content (AvgIpc) is 2.86. The molecule has 3 rings (SSSR count). The highest BCUT2D eigenvalue weighted by atomic mass is 16.5. The predicted octanol–water partition coefficient (Wildman–Crippen LogP) is 3.46. The largest absolute Gasteiger partial charge is 0.497 e. The quantitative estimate of drug-likeness (QED) is 0.866. The Hall–Kier alpha value is -2.07. The van der Waals surface area contributed by atoms with Gasteiger partial charge in [-0.05, 0) is 47.9 Å². The number of methoxy groups -OCH3 is 1. The van der Waals surface area contributed by atoms with E-state index in [0.717, 1.165) is 38.3 Å². The van der Waals surface area contributed by atoms with Gasteiger partial charge in [-0.2, -0.15) is 0 Å². The minimum atomic E-state index is 0.184. The molecule has 0 bridgehead atoms. The van der Waals surface area contributed by atoms with Gasteiger partial charge in [0.25, 0.3) is 0 Å². The van der Waals surface area contributed by atoms with Gasteiger partial charge in [0.1, 0.15) is 5.75 Å². The third-order valence-electron chi connectivity index (χ3n) is 5.08. The monoisotopic (exact) mass is 326 g/mol. The van der Waals surface area contributed by atoms with E-state index in [2.05, 4.69) is 42.2 Å². The Morgan fingerprint density at radius 1 is 1.04 bits per heavy atom. The second-order valence-corrected chi connectivity index (χ2v) is 6.54. The highest BCUT2D eigenvalue weighted by molar-refractivity contribution is 5.84. The van der Waals surface area contributed by atoms with Crippen molar-refractivity contribution in [3.63, 3.8) is 0 Å². The van der Waals surface area contributed by atoms with Crippen LogP contribution in [-0.4, -0.2) is 49.0 Å². The molecule has 1 aliphatic heterocycles. The van der Waals surface area contributed by atoms with E-state index >= 15 is 0 Å². The van der Waals surface area contributed by atoms with E-state index in [1.807, 2.05) is 11.0 Å². The first-order valence-corrected chi connectivity index (χ1v) is 8.66. The maximum absolute atomic E-state index is 11.6. The number of nitrogens with zero attached hydrogens (tertiary/aromatic N) is 2. The van der Waals surface area contributed by atoms with Crippen molar-refractivity contribution in [2.24, 2.45) is 0 Å². The second-order valence-electron chi connectivity index (χ2n) is 6.54. The maximum atomic E-state index is 11.6. The lowest BCUT2D eigenvalue weighted by Gasteiger charge is -2.28. The molecule has 1 amide bonds. The first kappa shape index (κ1) is 16.8. The summed E-state index contributed by atoms with van der Waals surface area (Å²) in [7, 11) is 1.70. The molecule has 1 atom stereocenters. The Balaban J connectivity index is 1.78. The van der Waals surface area contributed by atoms with Gasteiger partial charge in [-0.3, -0.25) is 9.69 Å². The van der Waals surface area contributed by atoms with Gasteiger partial charge in [0.15, 0.2) is 0 Å². The summed E-state index contributed by atoms with van der Waals surface area (Å²) in [5.74, 6) is 1.07. The SMILES string of the molecule is COc1ccc2cc([C@H](C)N3CCCN(C(C)=O)CC3)ccc2c1. The van der Waals surface area contributed by atoms with E-state index in [-0.39, 0.29) is 5.91 Å². The summed E-state index contributed by atoms with van der Waals surface area (Å²) in [5.41, 5.74) is 1.32. The first-order valence-electron chi connectivity index (χ1n) is 8.66. The lowest BCUT2D eigenvalue weighted by atomic mass is 10.0. The van der Waals surface area contributed by atoms with Crippen molar-refractivity contribution in [2.75, 3.05) is 33.3 Å². The molecule has 0 radical (unpaired) electrons. The zero-order valence-corrected chi connectivity index (χ0v) is 14.8. The Bertz CT molecular complexity index is 729. The number of benzene rings is 2. The van der Waals surface area contributed by atoms with Crippen LogP contribution >= 0.6 is 0 Å². The Morgan fingerprint density at radius 2 is 1.79 bits per heavy atom. The van der Waals surface area contributed by atoms with Crippen LogP contribution in [0.5, 0.6) is 5.75 Å². The number of carbonyl (C=O) groups excluding carboxylic acids is 1. The summed E-state index contributed by atoms with van der Waals surface area (Å²) in [5, 5.41) is 2.43. The van der Waals surface area contributed by atoms with Crippen molar-refractivity contribution in [1.29, 1.82) is 0 Å². The number of carbonyl (C=O) groups is 1. The summed E-state index contributed by atoms with van der Waals surface area (Å²) < 4.78 is 5.30. The molecule has 1 fully saturated rings. The standard InChI is InChI=1S/C20H26N2O2/c1-15(21-9-4-10-22(12-11-21)16(2)23)17-5-6-19-14-20(24-3)8-7-18(19)13-17/h5-8,13-15H,4,9-12H2,1-3H3/t15-/m0/s1. The molecule has 0 aromatic heterocycles. The van der Waals surface area contributed by atoms with Crippen LogP contribution in [0.15, 0.2) is 36.4 Å². The molecule has 4 heteroatoms. The molecule has 2 aromatic rings.